The zero-order valence-corrected chi connectivity index (χ0v) is 15.5. The van der Waals surface area contributed by atoms with E-state index >= 15 is 0 Å². The number of carbonyl (C=O) groups excluding carboxylic acids is 1. The summed E-state index contributed by atoms with van der Waals surface area (Å²) in [6.45, 7) is 13.7. The number of halogens is 2. The summed E-state index contributed by atoms with van der Waals surface area (Å²) in [6.07, 6.45) is 1.91. The third kappa shape index (κ3) is 7.68. The summed E-state index contributed by atoms with van der Waals surface area (Å²) in [7, 11) is 0. The number of hydrogen-bond acceptors (Lipinski definition) is 3. The van der Waals surface area contributed by atoms with E-state index in [1.807, 2.05) is 4.90 Å². The molecule has 1 aliphatic heterocycles. The van der Waals surface area contributed by atoms with Crippen LogP contribution in [0.25, 0.3) is 0 Å². The lowest BCUT2D eigenvalue weighted by Crippen LogP contribution is -2.43. The Labute approximate surface area is 142 Å². The topological polar surface area (TPSA) is 49.6 Å². The Morgan fingerprint density at radius 1 is 1.29 bits per heavy atom. The van der Waals surface area contributed by atoms with E-state index < -0.39 is 0 Å². The maximum atomic E-state index is 12.2. The van der Waals surface area contributed by atoms with Crippen LogP contribution >= 0.6 is 24.8 Å². The van der Waals surface area contributed by atoms with Crippen molar-refractivity contribution < 1.29 is 4.79 Å². The van der Waals surface area contributed by atoms with Crippen LogP contribution in [0.1, 0.15) is 40.5 Å². The fourth-order valence-corrected chi connectivity index (χ4v) is 2.87. The number of nitrogens with zero attached hydrogens (tertiary/aromatic N) is 2. The maximum Gasteiger partial charge on any atom is 0.239 e. The SMILES string of the molecule is CCN(CC)CC1CCN(C(=O)[C@@H](N)CC(C)C)C1.Cl.Cl. The molecular formula is C15H33Cl2N3O. The first kappa shape index (κ1) is 23.2. The van der Waals surface area contributed by atoms with E-state index in [0.717, 1.165) is 45.6 Å². The molecule has 0 aromatic carbocycles. The standard InChI is InChI=1S/C15H31N3O.2ClH/c1-5-17(6-2)10-13-7-8-18(11-13)15(19)14(16)9-12(3)4;;/h12-14H,5-11,16H2,1-4H3;2*1H/t13?,14-;;/m0../s1. The van der Waals surface area contributed by atoms with E-state index in [0.29, 0.717) is 11.8 Å². The lowest BCUT2D eigenvalue weighted by Gasteiger charge is -2.24. The number of hydrogen-bond donors (Lipinski definition) is 1. The van der Waals surface area contributed by atoms with E-state index in [9.17, 15) is 4.79 Å². The summed E-state index contributed by atoms with van der Waals surface area (Å²) in [4.78, 5) is 16.6. The van der Waals surface area contributed by atoms with Crippen LogP contribution in [0.15, 0.2) is 0 Å². The second-order valence-electron chi connectivity index (χ2n) is 6.16. The summed E-state index contributed by atoms with van der Waals surface area (Å²) >= 11 is 0. The molecule has 2 N–H and O–H groups in total. The number of likely N-dealkylation sites (tertiary alicyclic amines) is 1. The predicted molar refractivity (Wildman–Crippen MR) is 94.4 cm³/mol. The highest BCUT2D eigenvalue weighted by atomic mass is 35.5. The molecule has 0 radical (unpaired) electrons. The molecule has 0 aromatic heterocycles. The van der Waals surface area contributed by atoms with Crippen LogP contribution in [0.4, 0.5) is 0 Å². The van der Waals surface area contributed by atoms with Crippen LogP contribution < -0.4 is 5.73 Å². The Hall–Kier alpha value is -0.0300. The number of nitrogens with two attached hydrogens (primary N) is 1. The molecule has 6 heteroatoms. The van der Waals surface area contributed by atoms with Crippen molar-refractivity contribution in [3.8, 4) is 0 Å². The van der Waals surface area contributed by atoms with Crippen molar-refractivity contribution in [1.82, 2.24) is 9.80 Å². The molecular weight excluding hydrogens is 309 g/mol. The summed E-state index contributed by atoms with van der Waals surface area (Å²) in [5.74, 6) is 1.25. The average Bonchev–Trinajstić information content (AvgIpc) is 2.82. The second-order valence-corrected chi connectivity index (χ2v) is 6.16. The van der Waals surface area contributed by atoms with E-state index in [2.05, 4.69) is 32.6 Å². The molecule has 0 aromatic rings. The first-order valence-electron chi connectivity index (χ1n) is 7.74. The van der Waals surface area contributed by atoms with Gasteiger partial charge in [-0.3, -0.25) is 4.79 Å². The molecule has 0 spiro atoms. The van der Waals surface area contributed by atoms with Crippen molar-refractivity contribution in [1.29, 1.82) is 0 Å². The van der Waals surface area contributed by atoms with Gasteiger partial charge in [0.15, 0.2) is 0 Å². The second kappa shape index (κ2) is 11.5. The monoisotopic (exact) mass is 341 g/mol. The highest BCUT2D eigenvalue weighted by Gasteiger charge is 2.29. The van der Waals surface area contributed by atoms with Gasteiger partial charge in [0.05, 0.1) is 6.04 Å². The van der Waals surface area contributed by atoms with Crippen LogP contribution in [0.5, 0.6) is 0 Å². The van der Waals surface area contributed by atoms with Gasteiger partial charge >= 0.3 is 0 Å². The number of carbonyl (C=O) groups is 1. The van der Waals surface area contributed by atoms with Crippen molar-refractivity contribution in [2.45, 2.75) is 46.6 Å². The smallest absolute Gasteiger partial charge is 0.239 e. The Morgan fingerprint density at radius 3 is 2.33 bits per heavy atom. The lowest BCUT2D eigenvalue weighted by atomic mass is 10.0. The molecule has 21 heavy (non-hydrogen) atoms. The summed E-state index contributed by atoms with van der Waals surface area (Å²) in [5, 5.41) is 0. The van der Waals surface area contributed by atoms with Crippen molar-refractivity contribution in [3.63, 3.8) is 0 Å². The van der Waals surface area contributed by atoms with Crippen LogP contribution in [-0.4, -0.2) is 54.5 Å². The van der Waals surface area contributed by atoms with Gasteiger partial charge in [-0.1, -0.05) is 27.7 Å². The Bertz CT molecular complexity index is 286. The molecule has 2 atom stereocenters. The highest BCUT2D eigenvalue weighted by Crippen LogP contribution is 2.19. The minimum Gasteiger partial charge on any atom is -0.341 e. The van der Waals surface area contributed by atoms with Gasteiger partial charge in [0.1, 0.15) is 0 Å². The fourth-order valence-electron chi connectivity index (χ4n) is 2.87. The first-order chi connectivity index (χ1) is 8.97. The van der Waals surface area contributed by atoms with Crippen molar-refractivity contribution >= 4 is 30.7 Å². The molecule has 1 fully saturated rings. The Kier molecular flexibility index (Phi) is 12.8. The molecule has 0 bridgehead atoms. The molecule has 4 nitrogen and oxygen atoms in total. The van der Waals surface area contributed by atoms with Crippen LogP contribution in [0.2, 0.25) is 0 Å². The molecule has 0 saturated carbocycles. The zero-order valence-electron chi connectivity index (χ0n) is 13.9. The highest BCUT2D eigenvalue weighted by molar-refractivity contribution is 5.85. The normalized spacial score (nSPS) is 19.4. The van der Waals surface area contributed by atoms with Gasteiger partial charge in [-0.05, 0) is 37.8 Å². The van der Waals surface area contributed by atoms with Gasteiger partial charge < -0.3 is 15.5 Å². The quantitative estimate of drug-likeness (QED) is 0.773. The molecule has 1 rings (SSSR count). The summed E-state index contributed by atoms with van der Waals surface area (Å²) in [6, 6.07) is -0.313. The third-order valence-electron chi connectivity index (χ3n) is 4.05. The largest absolute Gasteiger partial charge is 0.341 e. The van der Waals surface area contributed by atoms with Gasteiger partial charge in [0.2, 0.25) is 5.91 Å². The van der Waals surface area contributed by atoms with Gasteiger partial charge in [0, 0.05) is 19.6 Å². The van der Waals surface area contributed by atoms with Crippen molar-refractivity contribution in [2.24, 2.45) is 17.6 Å². The maximum absolute atomic E-state index is 12.2. The van der Waals surface area contributed by atoms with Gasteiger partial charge in [-0.2, -0.15) is 0 Å². The van der Waals surface area contributed by atoms with Gasteiger partial charge in [0.25, 0.3) is 0 Å². The lowest BCUT2D eigenvalue weighted by molar-refractivity contribution is -0.132. The number of rotatable bonds is 7. The summed E-state index contributed by atoms with van der Waals surface area (Å²) in [5.41, 5.74) is 6.00. The molecule has 128 valence electrons. The van der Waals surface area contributed by atoms with E-state index in [4.69, 9.17) is 5.73 Å². The molecule has 1 unspecified atom stereocenters. The first-order valence-corrected chi connectivity index (χ1v) is 7.74. The molecule has 1 heterocycles. The van der Waals surface area contributed by atoms with Gasteiger partial charge in [-0.15, -0.1) is 24.8 Å². The minimum absolute atomic E-state index is 0. The zero-order chi connectivity index (χ0) is 14.4. The van der Waals surface area contributed by atoms with Crippen molar-refractivity contribution in [3.05, 3.63) is 0 Å². The molecule has 0 aliphatic carbocycles. The predicted octanol–water partition coefficient (Wildman–Crippen LogP) is 2.39. The summed E-state index contributed by atoms with van der Waals surface area (Å²) < 4.78 is 0. The number of amides is 1. The molecule has 1 amide bonds. The fraction of sp³-hybridized carbons (Fsp3) is 0.933. The third-order valence-corrected chi connectivity index (χ3v) is 4.05. The van der Waals surface area contributed by atoms with E-state index in [1.54, 1.807) is 0 Å². The van der Waals surface area contributed by atoms with Crippen LogP contribution in [0.3, 0.4) is 0 Å². The Morgan fingerprint density at radius 2 is 1.86 bits per heavy atom. The van der Waals surface area contributed by atoms with E-state index in [1.165, 1.54) is 0 Å². The van der Waals surface area contributed by atoms with Gasteiger partial charge in [-0.25, -0.2) is 0 Å². The van der Waals surface area contributed by atoms with Crippen LogP contribution in [-0.2, 0) is 4.79 Å². The van der Waals surface area contributed by atoms with Crippen molar-refractivity contribution in [2.75, 3.05) is 32.7 Å². The Balaban J connectivity index is 0. The molecule has 1 saturated heterocycles. The molecule has 1 aliphatic rings. The average molecular weight is 342 g/mol. The van der Waals surface area contributed by atoms with E-state index in [-0.39, 0.29) is 36.8 Å². The van der Waals surface area contributed by atoms with Crippen LogP contribution in [0, 0.1) is 11.8 Å². The minimum atomic E-state index is -0.313.